The Morgan fingerprint density at radius 3 is 2.74 bits per heavy atom. The number of aryl methyl sites for hydroxylation is 1. The van der Waals surface area contributed by atoms with Crippen molar-refractivity contribution in [2.24, 2.45) is 0 Å². The number of fused-ring (bicyclic) bond motifs is 1. The van der Waals surface area contributed by atoms with Gasteiger partial charge in [0.05, 0.1) is 27.9 Å². The minimum atomic E-state index is -0.0387. The van der Waals surface area contributed by atoms with Gasteiger partial charge < -0.3 is 9.64 Å². The summed E-state index contributed by atoms with van der Waals surface area (Å²) in [4.78, 5) is 19.4. The van der Waals surface area contributed by atoms with E-state index < -0.39 is 0 Å². The van der Waals surface area contributed by atoms with Crippen molar-refractivity contribution in [3.63, 3.8) is 0 Å². The Labute approximate surface area is 163 Å². The van der Waals surface area contributed by atoms with Gasteiger partial charge in [-0.1, -0.05) is 42.5 Å². The molecule has 0 saturated carbocycles. The molecular weight excluding hydrogens is 356 g/mol. The first-order valence-electron chi connectivity index (χ1n) is 9.51. The molecule has 0 radical (unpaired) electrons. The van der Waals surface area contributed by atoms with E-state index in [0.717, 1.165) is 28.9 Å². The first-order chi connectivity index (χ1) is 13.2. The normalized spacial score (nSPS) is 20.1. The lowest BCUT2D eigenvalue weighted by atomic mass is 10.1. The average Bonchev–Trinajstić information content (AvgIpc) is 3.11. The summed E-state index contributed by atoms with van der Waals surface area (Å²) in [6.45, 7) is 3.34. The molecule has 27 heavy (non-hydrogen) atoms. The molecule has 4 nitrogen and oxygen atoms in total. The number of carbonyl (C=O) groups excluding carboxylic acids is 1. The number of nitrogens with zero attached hydrogens (tertiary/aromatic N) is 2. The standard InChI is InChI=1S/C22H24N2O2S/c1-16-14-24(15-19(26-16)17-8-3-2-4-9-17)22(25)13-7-12-21-23-18-10-5-6-11-20(18)27-21/h2-6,8-11,16,19H,7,12-15H2,1H3. The molecule has 0 spiro atoms. The zero-order chi connectivity index (χ0) is 18.6. The van der Waals surface area contributed by atoms with Crippen molar-refractivity contribution in [3.05, 3.63) is 65.2 Å². The number of thiazole rings is 1. The number of benzene rings is 2. The third kappa shape index (κ3) is 4.37. The Morgan fingerprint density at radius 1 is 1.15 bits per heavy atom. The van der Waals surface area contributed by atoms with Crippen LogP contribution < -0.4 is 0 Å². The second kappa shape index (κ2) is 8.19. The highest BCUT2D eigenvalue weighted by Crippen LogP contribution is 2.26. The highest BCUT2D eigenvalue weighted by Gasteiger charge is 2.28. The topological polar surface area (TPSA) is 42.4 Å². The number of para-hydroxylation sites is 1. The lowest BCUT2D eigenvalue weighted by Crippen LogP contribution is -2.45. The van der Waals surface area contributed by atoms with E-state index in [1.807, 2.05) is 48.2 Å². The van der Waals surface area contributed by atoms with Crippen molar-refractivity contribution in [3.8, 4) is 0 Å². The van der Waals surface area contributed by atoms with E-state index in [1.54, 1.807) is 11.3 Å². The lowest BCUT2D eigenvalue weighted by molar-refractivity contribution is -0.145. The monoisotopic (exact) mass is 380 g/mol. The molecule has 1 saturated heterocycles. The summed E-state index contributed by atoms with van der Waals surface area (Å²) in [5.74, 6) is 0.215. The minimum absolute atomic E-state index is 0.0387. The van der Waals surface area contributed by atoms with Crippen LogP contribution in [0.25, 0.3) is 10.2 Å². The number of rotatable bonds is 5. The predicted molar refractivity (Wildman–Crippen MR) is 109 cm³/mol. The molecule has 1 fully saturated rings. The van der Waals surface area contributed by atoms with Gasteiger partial charge in [-0.3, -0.25) is 4.79 Å². The number of carbonyl (C=O) groups is 1. The summed E-state index contributed by atoms with van der Waals surface area (Å²) in [6, 6.07) is 18.4. The highest BCUT2D eigenvalue weighted by molar-refractivity contribution is 7.18. The van der Waals surface area contributed by atoms with Crippen molar-refractivity contribution in [2.75, 3.05) is 13.1 Å². The van der Waals surface area contributed by atoms with Gasteiger partial charge in [0.2, 0.25) is 5.91 Å². The molecule has 3 aromatic rings. The van der Waals surface area contributed by atoms with Gasteiger partial charge in [-0.25, -0.2) is 4.98 Å². The van der Waals surface area contributed by atoms with Crippen LogP contribution in [-0.4, -0.2) is 35.0 Å². The maximum Gasteiger partial charge on any atom is 0.222 e. The Morgan fingerprint density at radius 2 is 1.93 bits per heavy atom. The largest absolute Gasteiger partial charge is 0.367 e. The summed E-state index contributed by atoms with van der Waals surface area (Å²) in [5, 5.41) is 1.11. The van der Waals surface area contributed by atoms with Gasteiger partial charge in [0.25, 0.3) is 0 Å². The Balaban J connectivity index is 1.33. The fourth-order valence-electron chi connectivity index (χ4n) is 3.58. The first kappa shape index (κ1) is 18.1. The summed E-state index contributed by atoms with van der Waals surface area (Å²) >= 11 is 1.73. The van der Waals surface area contributed by atoms with Gasteiger partial charge in [-0.2, -0.15) is 0 Å². The fraction of sp³-hybridized carbons (Fsp3) is 0.364. The highest BCUT2D eigenvalue weighted by atomic mass is 32.1. The maximum atomic E-state index is 12.7. The van der Waals surface area contributed by atoms with E-state index in [2.05, 4.69) is 23.2 Å². The molecule has 1 aromatic heterocycles. The average molecular weight is 381 g/mol. The molecule has 1 aliphatic rings. The molecule has 2 unspecified atom stereocenters. The van der Waals surface area contributed by atoms with Crippen LogP contribution in [0.3, 0.4) is 0 Å². The van der Waals surface area contributed by atoms with Crippen LogP contribution in [0.4, 0.5) is 0 Å². The molecule has 2 heterocycles. The second-order valence-electron chi connectivity index (χ2n) is 7.07. The van der Waals surface area contributed by atoms with Gasteiger partial charge in [0.1, 0.15) is 6.10 Å². The van der Waals surface area contributed by atoms with E-state index in [9.17, 15) is 4.79 Å². The number of amides is 1. The van der Waals surface area contributed by atoms with Crippen LogP contribution in [0.1, 0.15) is 36.4 Å². The van der Waals surface area contributed by atoms with E-state index in [1.165, 1.54) is 4.70 Å². The number of ether oxygens (including phenoxy) is 1. The van der Waals surface area contributed by atoms with Gasteiger partial charge >= 0.3 is 0 Å². The predicted octanol–water partition coefficient (Wildman–Crippen LogP) is 4.61. The summed E-state index contributed by atoms with van der Waals surface area (Å²) in [5.41, 5.74) is 2.19. The van der Waals surface area contributed by atoms with E-state index in [-0.39, 0.29) is 18.1 Å². The first-order valence-corrected chi connectivity index (χ1v) is 10.3. The van der Waals surface area contributed by atoms with E-state index in [4.69, 9.17) is 4.74 Å². The summed E-state index contributed by atoms with van der Waals surface area (Å²) < 4.78 is 7.27. The van der Waals surface area contributed by atoms with Gasteiger partial charge in [-0.05, 0) is 37.5 Å². The van der Waals surface area contributed by atoms with Crippen LogP contribution in [0.2, 0.25) is 0 Å². The van der Waals surface area contributed by atoms with Gasteiger partial charge in [-0.15, -0.1) is 11.3 Å². The zero-order valence-electron chi connectivity index (χ0n) is 15.5. The van der Waals surface area contributed by atoms with Crippen LogP contribution >= 0.6 is 11.3 Å². The van der Waals surface area contributed by atoms with E-state index in [0.29, 0.717) is 19.5 Å². The number of hydrogen-bond donors (Lipinski definition) is 0. The molecule has 4 rings (SSSR count). The summed E-state index contributed by atoms with van der Waals surface area (Å²) in [7, 11) is 0. The Hall–Kier alpha value is -2.24. The number of aromatic nitrogens is 1. The molecule has 0 N–H and O–H groups in total. The van der Waals surface area contributed by atoms with Crippen molar-refractivity contribution in [2.45, 2.75) is 38.4 Å². The third-order valence-electron chi connectivity index (χ3n) is 4.90. The molecule has 1 aliphatic heterocycles. The van der Waals surface area contributed by atoms with Crippen molar-refractivity contribution in [1.82, 2.24) is 9.88 Å². The van der Waals surface area contributed by atoms with Gasteiger partial charge in [0, 0.05) is 13.0 Å². The van der Waals surface area contributed by atoms with Crippen LogP contribution in [0.15, 0.2) is 54.6 Å². The fourth-order valence-corrected chi connectivity index (χ4v) is 4.59. The lowest BCUT2D eigenvalue weighted by Gasteiger charge is -2.37. The van der Waals surface area contributed by atoms with Crippen molar-refractivity contribution >= 4 is 27.5 Å². The molecule has 2 atom stereocenters. The number of morpholine rings is 1. The molecule has 0 aliphatic carbocycles. The molecule has 0 bridgehead atoms. The van der Waals surface area contributed by atoms with Crippen LogP contribution in [0.5, 0.6) is 0 Å². The molecule has 1 amide bonds. The number of hydrogen-bond acceptors (Lipinski definition) is 4. The Kier molecular flexibility index (Phi) is 5.50. The van der Waals surface area contributed by atoms with Crippen LogP contribution in [0, 0.1) is 0 Å². The summed E-state index contributed by atoms with van der Waals surface area (Å²) in [6.07, 6.45) is 2.26. The van der Waals surface area contributed by atoms with Crippen LogP contribution in [-0.2, 0) is 16.0 Å². The quantitative estimate of drug-likeness (QED) is 0.649. The Bertz CT molecular complexity index is 876. The molecular formula is C22H24N2O2S. The van der Waals surface area contributed by atoms with Crippen molar-refractivity contribution < 1.29 is 9.53 Å². The maximum absolute atomic E-state index is 12.7. The zero-order valence-corrected chi connectivity index (χ0v) is 16.3. The smallest absolute Gasteiger partial charge is 0.222 e. The van der Waals surface area contributed by atoms with Gasteiger partial charge in [0.15, 0.2) is 0 Å². The molecule has 140 valence electrons. The van der Waals surface area contributed by atoms with Crippen molar-refractivity contribution in [1.29, 1.82) is 0 Å². The second-order valence-corrected chi connectivity index (χ2v) is 8.19. The third-order valence-corrected chi connectivity index (χ3v) is 6.00. The molecule has 2 aromatic carbocycles. The van der Waals surface area contributed by atoms with E-state index >= 15 is 0 Å². The molecule has 5 heteroatoms. The SMILES string of the molecule is CC1CN(C(=O)CCCc2nc3ccccc3s2)CC(c2ccccc2)O1. The minimum Gasteiger partial charge on any atom is -0.367 e.